The summed E-state index contributed by atoms with van der Waals surface area (Å²) in [5.41, 5.74) is 5.37. The second-order valence-electron chi connectivity index (χ2n) is 4.48. The summed E-state index contributed by atoms with van der Waals surface area (Å²) in [6, 6.07) is 2.45. The van der Waals surface area contributed by atoms with Crippen LogP contribution in [0.15, 0.2) is 18.5 Å². The summed E-state index contributed by atoms with van der Waals surface area (Å²) in [4.78, 5) is 4.23. The third-order valence-corrected chi connectivity index (χ3v) is 3.31. The summed E-state index contributed by atoms with van der Waals surface area (Å²) in [6.45, 7) is 2.07. The maximum absolute atomic E-state index is 5.66. The molecule has 15 heavy (non-hydrogen) atoms. The molecule has 1 saturated carbocycles. The Morgan fingerprint density at radius 3 is 2.73 bits per heavy atom. The zero-order chi connectivity index (χ0) is 10.7. The minimum Gasteiger partial charge on any atom is -0.271 e. The van der Waals surface area contributed by atoms with Crippen LogP contribution in [-0.4, -0.2) is 4.98 Å². The van der Waals surface area contributed by atoms with E-state index < -0.39 is 0 Å². The van der Waals surface area contributed by atoms with Gasteiger partial charge in [-0.1, -0.05) is 18.9 Å². The zero-order valence-electron chi connectivity index (χ0n) is 9.24. The highest BCUT2D eigenvalue weighted by atomic mass is 15.2. The molecule has 0 bridgehead atoms. The summed E-state index contributed by atoms with van der Waals surface area (Å²) >= 11 is 0. The Labute approximate surface area is 91.1 Å². The minimum atomic E-state index is 0.278. The Morgan fingerprint density at radius 1 is 1.40 bits per heavy atom. The maximum atomic E-state index is 5.66. The number of aromatic nitrogens is 1. The molecule has 1 aliphatic rings. The molecule has 0 aromatic carbocycles. The van der Waals surface area contributed by atoms with Gasteiger partial charge in [-0.15, -0.1) is 0 Å². The molecule has 1 fully saturated rings. The lowest BCUT2D eigenvalue weighted by Crippen LogP contribution is -2.32. The fraction of sp³-hybridized carbons (Fsp3) is 0.583. The van der Waals surface area contributed by atoms with Gasteiger partial charge in [0.1, 0.15) is 0 Å². The number of hydrogen-bond donors (Lipinski definition) is 2. The Bertz CT molecular complexity index is 318. The molecule has 2 rings (SSSR count). The molecule has 0 spiro atoms. The largest absolute Gasteiger partial charge is 0.271 e. The molecular weight excluding hydrogens is 186 g/mol. The molecule has 1 atom stereocenters. The molecule has 1 aromatic heterocycles. The van der Waals surface area contributed by atoms with Crippen LogP contribution in [0.4, 0.5) is 0 Å². The number of pyridine rings is 1. The van der Waals surface area contributed by atoms with E-state index in [1.807, 2.05) is 12.4 Å². The van der Waals surface area contributed by atoms with Gasteiger partial charge in [0.2, 0.25) is 0 Å². The molecule has 1 aliphatic carbocycles. The van der Waals surface area contributed by atoms with E-state index in [2.05, 4.69) is 23.4 Å². The fourth-order valence-corrected chi connectivity index (χ4v) is 2.54. The van der Waals surface area contributed by atoms with Crippen molar-refractivity contribution >= 4 is 0 Å². The number of rotatable bonds is 3. The third-order valence-electron chi connectivity index (χ3n) is 3.31. The van der Waals surface area contributed by atoms with E-state index in [0.717, 1.165) is 0 Å². The van der Waals surface area contributed by atoms with E-state index in [9.17, 15) is 0 Å². The Morgan fingerprint density at radius 2 is 2.13 bits per heavy atom. The number of aryl methyl sites for hydroxylation is 1. The summed E-state index contributed by atoms with van der Waals surface area (Å²) in [7, 11) is 0. The molecule has 82 valence electrons. The van der Waals surface area contributed by atoms with Gasteiger partial charge in [-0.05, 0) is 36.8 Å². The lowest BCUT2D eigenvalue weighted by atomic mass is 9.93. The first kappa shape index (κ1) is 10.6. The molecule has 0 aliphatic heterocycles. The Kier molecular flexibility index (Phi) is 3.34. The zero-order valence-corrected chi connectivity index (χ0v) is 9.24. The molecular formula is C12H19N3. The van der Waals surface area contributed by atoms with E-state index in [1.165, 1.54) is 36.8 Å². The average molecular weight is 205 g/mol. The van der Waals surface area contributed by atoms with Gasteiger partial charge in [-0.3, -0.25) is 16.3 Å². The molecule has 3 N–H and O–H groups in total. The van der Waals surface area contributed by atoms with E-state index in [0.29, 0.717) is 5.92 Å². The van der Waals surface area contributed by atoms with Gasteiger partial charge in [-0.2, -0.15) is 0 Å². The van der Waals surface area contributed by atoms with Crippen LogP contribution in [0.5, 0.6) is 0 Å². The Balaban J connectivity index is 2.18. The topological polar surface area (TPSA) is 50.9 Å². The predicted octanol–water partition coefficient (Wildman–Crippen LogP) is 2.08. The van der Waals surface area contributed by atoms with E-state index in [-0.39, 0.29) is 6.04 Å². The molecule has 1 unspecified atom stereocenters. The smallest absolute Gasteiger partial charge is 0.0503 e. The highest BCUT2D eigenvalue weighted by molar-refractivity contribution is 5.21. The minimum absolute atomic E-state index is 0.278. The van der Waals surface area contributed by atoms with Crippen molar-refractivity contribution in [3.8, 4) is 0 Å². The number of hydrogen-bond acceptors (Lipinski definition) is 3. The summed E-state index contributed by atoms with van der Waals surface area (Å²) in [5, 5.41) is 0. The van der Waals surface area contributed by atoms with Gasteiger partial charge in [-0.25, -0.2) is 0 Å². The van der Waals surface area contributed by atoms with Crippen molar-refractivity contribution in [2.24, 2.45) is 11.8 Å². The number of nitrogens with zero attached hydrogens (tertiary/aromatic N) is 1. The van der Waals surface area contributed by atoms with Crippen LogP contribution in [0.3, 0.4) is 0 Å². The van der Waals surface area contributed by atoms with Crippen LogP contribution in [0.25, 0.3) is 0 Å². The van der Waals surface area contributed by atoms with E-state index in [4.69, 9.17) is 5.84 Å². The predicted molar refractivity (Wildman–Crippen MR) is 61.0 cm³/mol. The molecule has 1 aromatic rings. The van der Waals surface area contributed by atoms with Gasteiger partial charge >= 0.3 is 0 Å². The first-order valence-electron chi connectivity index (χ1n) is 5.69. The average Bonchev–Trinajstić information content (AvgIpc) is 2.72. The van der Waals surface area contributed by atoms with Gasteiger partial charge in [0.25, 0.3) is 0 Å². The van der Waals surface area contributed by atoms with Crippen LogP contribution < -0.4 is 11.3 Å². The lowest BCUT2D eigenvalue weighted by molar-refractivity contribution is 0.372. The second-order valence-corrected chi connectivity index (χ2v) is 4.48. The van der Waals surface area contributed by atoms with Crippen molar-refractivity contribution in [2.45, 2.75) is 38.6 Å². The van der Waals surface area contributed by atoms with Crippen LogP contribution in [-0.2, 0) is 0 Å². The van der Waals surface area contributed by atoms with Crippen LogP contribution >= 0.6 is 0 Å². The van der Waals surface area contributed by atoms with Crippen molar-refractivity contribution in [3.05, 3.63) is 29.6 Å². The lowest BCUT2D eigenvalue weighted by Gasteiger charge is -2.22. The molecule has 1 heterocycles. The third kappa shape index (κ3) is 2.36. The quantitative estimate of drug-likeness (QED) is 0.587. The normalized spacial score (nSPS) is 19.3. The maximum Gasteiger partial charge on any atom is 0.0503 e. The van der Waals surface area contributed by atoms with E-state index >= 15 is 0 Å². The molecule has 3 nitrogen and oxygen atoms in total. The van der Waals surface area contributed by atoms with Gasteiger partial charge in [0.05, 0.1) is 6.04 Å². The number of hydrazine groups is 1. The highest BCUT2D eigenvalue weighted by Gasteiger charge is 2.25. The summed E-state index contributed by atoms with van der Waals surface area (Å²) in [6.07, 6.45) is 9.04. The number of nitrogens with two attached hydrogens (primary N) is 1. The Hall–Kier alpha value is -0.930. The van der Waals surface area contributed by atoms with Crippen LogP contribution in [0, 0.1) is 12.8 Å². The van der Waals surface area contributed by atoms with Crippen LogP contribution in [0.1, 0.15) is 42.9 Å². The molecule has 3 heteroatoms. The van der Waals surface area contributed by atoms with Gasteiger partial charge in [0.15, 0.2) is 0 Å². The van der Waals surface area contributed by atoms with Crippen molar-refractivity contribution < 1.29 is 0 Å². The highest BCUT2D eigenvalue weighted by Crippen LogP contribution is 2.35. The van der Waals surface area contributed by atoms with Crippen LogP contribution in [0.2, 0.25) is 0 Å². The van der Waals surface area contributed by atoms with E-state index in [1.54, 1.807) is 0 Å². The van der Waals surface area contributed by atoms with Gasteiger partial charge in [0, 0.05) is 12.4 Å². The summed E-state index contributed by atoms with van der Waals surface area (Å²) < 4.78 is 0. The molecule has 0 saturated heterocycles. The summed E-state index contributed by atoms with van der Waals surface area (Å²) in [5.74, 6) is 6.34. The van der Waals surface area contributed by atoms with Crippen molar-refractivity contribution in [1.82, 2.24) is 10.4 Å². The fourth-order valence-electron chi connectivity index (χ4n) is 2.54. The van der Waals surface area contributed by atoms with Crippen molar-refractivity contribution in [1.29, 1.82) is 0 Å². The first-order valence-corrected chi connectivity index (χ1v) is 5.69. The standard InChI is InChI=1S/C12H19N3/c1-9-6-11(8-14-7-9)12(15-13)10-4-2-3-5-10/h6-8,10,12,15H,2-5,13H2,1H3. The monoisotopic (exact) mass is 205 g/mol. The second kappa shape index (κ2) is 4.73. The molecule has 0 amide bonds. The number of nitrogens with one attached hydrogen (secondary N) is 1. The SMILES string of the molecule is Cc1cncc(C(NN)C2CCCC2)c1. The van der Waals surface area contributed by atoms with Crippen molar-refractivity contribution in [2.75, 3.05) is 0 Å². The van der Waals surface area contributed by atoms with Crippen molar-refractivity contribution in [3.63, 3.8) is 0 Å². The first-order chi connectivity index (χ1) is 7.31. The van der Waals surface area contributed by atoms with Gasteiger partial charge < -0.3 is 0 Å². The molecule has 0 radical (unpaired) electrons.